The maximum absolute atomic E-state index is 13.5. The molecule has 0 fully saturated rings. The molecule has 0 aliphatic rings. The van der Waals surface area contributed by atoms with Crippen molar-refractivity contribution in [2.45, 2.75) is 6.54 Å². The first-order valence-corrected chi connectivity index (χ1v) is 6.08. The molecule has 1 heterocycles. The van der Waals surface area contributed by atoms with Gasteiger partial charge in [-0.3, -0.25) is 0 Å². The third-order valence-corrected chi connectivity index (χ3v) is 3.09. The molecule has 0 amide bonds. The molecule has 0 saturated carbocycles. The Hall–Kier alpha value is -2.43. The van der Waals surface area contributed by atoms with Gasteiger partial charge in [-0.2, -0.15) is 0 Å². The van der Waals surface area contributed by atoms with E-state index in [1.807, 2.05) is 30.5 Å². The number of benzene rings is 2. The number of H-pyrrole nitrogens is 1. The SMILES string of the molecule is Fc1cc(F)c(NCc2ccc3[nH]ccc3c2)c(F)c1. The van der Waals surface area contributed by atoms with E-state index in [1.54, 1.807) is 0 Å². The van der Waals surface area contributed by atoms with Gasteiger partial charge in [0.1, 0.15) is 11.5 Å². The molecule has 20 heavy (non-hydrogen) atoms. The molecule has 0 aliphatic heterocycles. The molecule has 0 aliphatic carbocycles. The molecule has 0 unspecified atom stereocenters. The van der Waals surface area contributed by atoms with E-state index in [0.29, 0.717) is 12.1 Å². The van der Waals surface area contributed by atoms with Crippen molar-refractivity contribution in [3.05, 3.63) is 65.6 Å². The average molecular weight is 276 g/mol. The molecule has 3 aromatic rings. The van der Waals surface area contributed by atoms with Crippen LogP contribution in [0.15, 0.2) is 42.6 Å². The largest absolute Gasteiger partial charge is 0.376 e. The van der Waals surface area contributed by atoms with Crippen molar-refractivity contribution < 1.29 is 13.2 Å². The van der Waals surface area contributed by atoms with E-state index >= 15 is 0 Å². The molecule has 0 bridgehead atoms. The van der Waals surface area contributed by atoms with Crippen molar-refractivity contribution in [1.29, 1.82) is 0 Å². The number of rotatable bonds is 3. The lowest BCUT2D eigenvalue weighted by molar-refractivity contribution is 0.547. The number of halogens is 3. The van der Waals surface area contributed by atoms with Gasteiger partial charge in [-0.1, -0.05) is 6.07 Å². The van der Waals surface area contributed by atoms with Crippen LogP contribution in [0.1, 0.15) is 5.56 Å². The Bertz CT molecular complexity index is 742. The van der Waals surface area contributed by atoms with E-state index < -0.39 is 17.5 Å². The monoisotopic (exact) mass is 276 g/mol. The van der Waals surface area contributed by atoms with Crippen LogP contribution < -0.4 is 5.32 Å². The van der Waals surface area contributed by atoms with Gasteiger partial charge in [-0.05, 0) is 29.1 Å². The summed E-state index contributed by atoms with van der Waals surface area (Å²) in [4.78, 5) is 3.06. The summed E-state index contributed by atoms with van der Waals surface area (Å²) in [7, 11) is 0. The van der Waals surface area contributed by atoms with Crippen LogP contribution in [-0.2, 0) is 6.54 Å². The summed E-state index contributed by atoms with van der Waals surface area (Å²) in [5.74, 6) is -2.81. The predicted octanol–water partition coefficient (Wildman–Crippen LogP) is 4.20. The minimum atomic E-state index is -0.940. The minimum Gasteiger partial charge on any atom is -0.376 e. The zero-order chi connectivity index (χ0) is 14.1. The van der Waals surface area contributed by atoms with Crippen LogP contribution in [0.3, 0.4) is 0 Å². The Balaban J connectivity index is 1.82. The zero-order valence-corrected chi connectivity index (χ0v) is 10.4. The molecule has 3 rings (SSSR count). The Kier molecular flexibility index (Phi) is 3.10. The fraction of sp³-hybridized carbons (Fsp3) is 0.0667. The molecule has 2 N–H and O–H groups in total. The average Bonchev–Trinajstić information content (AvgIpc) is 2.84. The number of anilines is 1. The van der Waals surface area contributed by atoms with Gasteiger partial charge < -0.3 is 10.3 Å². The number of hydrogen-bond donors (Lipinski definition) is 2. The van der Waals surface area contributed by atoms with Crippen molar-refractivity contribution in [3.63, 3.8) is 0 Å². The van der Waals surface area contributed by atoms with Crippen LogP contribution in [0, 0.1) is 17.5 Å². The summed E-state index contributed by atoms with van der Waals surface area (Å²) in [6, 6.07) is 8.88. The van der Waals surface area contributed by atoms with Crippen LogP contribution in [0.4, 0.5) is 18.9 Å². The first kappa shape index (κ1) is 12.6. The first-order chi connectivity index (χ1) is 9.63. The lowest BCUT2D eigenvalue weighted by Gasteiger charge is -2.09. The van der Waals surface area contributed by atoms with Crippen LogP contribution in [-0.4, -0.2) is 4.98 Å². The fourth-order valence-electron chi connectivity index (χ4n) is 2.11. The molecule has 2 nitrogen and oxygen atoms in total. The standard InChI is InChI=1S/C15H11F3N2/c16-11-6-12(17)15(13(18)7-11)20-8-9-1-2-14-10(5-9)3-4-19-14/h1-7,19-20H,8H2. The molecule has 0 radical (unpaired) electrons. The number of aromatic nitrogens is 1. The molecule has 0 spiro atoms. The lowest BCUT2D eigenvalue weighted by atomic mass is 10.1. The van der Waals surface area contributed by atoms with Crippen LogP contribution >= 0.6 is 0 Å². The third kappa shape index (κ3) is 2.34. The fourth-order valence-corrected chi connectivity index (χ4v) is 2.11. The molecule has 102 valence electrons. The quantitative estimate of drug-likeness (QED) is 0.737. The van der Waals surface area contributed by atoms with Gasteiger partial charge in [0.2, 0.25) is 0 Å². The molecule has 5 heteroatoms. The Labute approximate surface area is 113 Å². The topological polar surface area (TPSA) is 27.8 Å². The number of nitrogens with one attached hydrogen (secondary N) is 2. The van der Waals surface area contributed by atoms with E-state index in [1.165, 1.54) is 0 Å². The Morgan fingerprint density at radius 1 is 0.950 bits per heavy atom. The number of fused-ring (bicyclic) bond motifs is 1. The van der Waals surface area contributed by atoms with Crippen LogP contribution in [0.5, 0.6) is 0 Å². The van der Waals surface area contributed by atoms with Gasteiger partial charge in [-0.15, -0.1) is 0 Å². The lowest BCUT2D eigenvalue weighted by Crippen LogP contribution is -2.04. The molecule has 1 aromatic heterocycles. The Morgan fingerprint density at radius 2 is 1.70 bits per heavy atom. The smallest absolute Gasteiger partial charge is 0.152 e. The van der Waals surface area contributed by atoms with Gasteiger partial charge in [-0.25, -0.2) is 13.2 Å². The number of aromatic amines is 1. The maximum Gasteiger partial charge on any atom is 0.152 e. The van der Waals surface area contributed by atoms with Crippen LogP contribution in [0.2, 0.25) is 0 Å². The van der Waals surface area contributed by atoms with Crippen molar-refractivity contribution in [3.8, 4) is 0 Å². The summed E-state index contributed by atoms with van der Waals surface area (Å²) in [6.07, 6.45) is 1.82. The summed E-state index contributed by atoms with van der Waals surface area (Å²) in [5.41, 5.74) is 1.55. The van der Waals surface area contributed by atoms with Gasteiger partial charge in [0.15, 0.2) is 11.6 Å². The van der Waals surface area contributed by atoms with Crippen LogP contribution in [0.25, 0.3) is 10.9 Å². The summed E-state index contributed by atoms with van der Waals surface area (Å²) in [5, 5.41) is 3.67. The van der Waals surface area contributed by atoms with Crippen molar-refractivity contribution >= 4 is 16.6 Å². The van der Waals surface area contributed by atoms with Gasteiger partial charge in [0, 0.05) is 30.4 Å². The van der Waals surface area contributed by atoms with Crippen molar-refractivity contribution in [2.24, 2.45) is 0 Å². The summed E-state index contributed by atoms with van der Waals surface area (Å²) in [6.45, 7) is 0.251. The number of hydrogen-bond acceptors (Lipinski definition) is 1. The second kappa shape index (κ2) is 4.92. The summed E-state index contributed by atoms with van der Waals surface area (Å²) < 4.78 is 39.7. The predicted molar refractivity (Wildman–Crippen MR) is 71.9 cm³/mol. The second-order valence-electron chi connectivity index (χ2n) is 4.50. The Morgan fingerprint density at radius 3 is 2.45 bits per heavy atom. The van der Waals surface area contributed by atoms with Crippen molar-refractivity contribution in [2.75, 3.05) is 5.32 Å². The highest BCUT2D eigenvalue weighted by Gasteiger charge is 2.11. The van der Waals surface area contributed by atoms with Gasteiger partial charge in [0.05, 0.1) is 0 Å². The van der Waals surface area contributed by atoms with E-state index in [-0.39, 0.29) is 12.2 Å². The maximum atomic E-state index is 13.5. The first-order valence-electron chi connectivity index (χ1n) is 6.08. The van der Waals surface area contributed by atoms with Gasteiger partial charge >= 0.3 is 0 Å². The normalized spacial score (nSPS) is 10.9. The molecule has 0 saturated heterocycles. The van der Waals surface area contributed by atoms with E-state index in [0.717, 1.165) is 16.5 Å². The van der Waals surface area contributed by atoms with Gasteiger partial charge in [0.25, 0.3) is 0 Å². The van der Waals surface area contributed by atoms with Crippen molar-refractivity contribution in [1.82, 2.24) is 4.98 Å². The molecular weight excluding hydrogens is 265 g/mol. The molecule has 2 aromatic carbocycles. The minimum absolute atomic E-state index is 0.251. The second-order valence-corrected chi connectivity index (χ2v) is 4.50. The van der Waals surface area contributed by atoms with E-state index in [4.69, 9.17) is 0 Å². The van der Waals surface area contributed by atoms with E-state index in [9.17, 15) is 13.2 Å². The third-order valence-electron chi connectivity index (χ3n) is 3.09. The molecular formula is C15H11F3N2. The molecule has 0 atom stereocenters. The highest BCUT2D eigenvalue weighted by molar-refractivity contribution is 5.79. The highest BCUT2D eigenvalue weighted by Crippen LogP contribution is 2.21. The summed E-state index contributed by atoms with van der Waals surface area (Å²) >= 11 is 0. The zero-order valence-electron chi connectivity index (χ0n) is 10.4. The van der Waals surface area contributed by atoms with E-state index in [2.05, 4.69) is 10.3 Å². The highest BCUT2D eigenvalue weighted by atomic mass is 19.1.